The lowest BCUT2D eigenvalue weighted by Crippen LogP contribution is -2.30. The summed E-state index contributed by atoms with van der Waals surface area (Å²) >= 11 is 0. The minimum atomic E-state index is -4.96. The molecule has 0 saturated heterocycles. The van der Waals surface area contributed by atoms with E-state index in [1.807, 2.05) is 0 Å². The van der Waals surface area contributed by atoms with Gasteiger partial charge in [-0.3, -0.25) is 37.3 Å². The predicted molar refractivity (Wildman–Crippen MR) is 409 cm³/mol. The van der Waals surface area contributed by atoms with Crippen molar-refractivity contribution in [3.8, 4) is 0 Å². The Morgan fingerprint density at radius 1 is 0.270 bits per heavy atom. The molecule has 0 heterocycles. The third-order valence-electron chi connectivity index (χ3n) is 19.0. The van der Waals surface area contributed by atoms with Crippen LogP contribution in [0, 0.1) is 5.92 Å². The van der Waals surface area contributed by atoms with Crippen LogP contribution in [0.15, 0.2) is 0 Å². The number of aliphatic hydroxyl groups is 1. The Labute approximate surface area is 613 Å². The first kappa shape index (κ1) is 98.1. The Hall–Kier alpha value is -1.94. The number of esters is 4. The maximum Gasteiger partial charge on any atom is 0.472 e. The maximum atomic E-state index is 13.1. The van der Waals surface area contributed by atoms with Gasteiger partial charge in [-0.1, -0.05) is 381 Å². The third kappa shape index (κ3) is 74.3. The summed E-state index contributed by atoms with van der Waals surface area (Å²) in [6.45, 7) is 7.36. The topological polar surface area (TPSA) is 237 Å². The van der Waals surface area contributed by atoms with Crippen LogP contribution in [0.4, 0.5) is 0 Å². The van der Waals surface area contributed by atoms with Crippen LogP contribution in [0.5, 0.6) is 0 Å². The Balaban J connectivity index is 5.25. The smallest absolute Gasteiger partial charge is 0.462 e. The van der Waals surface area contributed by atoms with Crippen molar-refractivity contribution in [2.45, 2.75) is 451 Å². The number of phosphoric ester groups is 2. The monoisotopic (exact) mass is 1470 g/mol. The highest BCUT2D eigenvalue weighted by atomic mass is 31.2. The van der Waals surface area contributed by atoms with E-state index < -0.39 is 97.5 Å². The second-order valence-corrected chi connectivity index (χ2v) is 32.5. The van der Waals surface area contributed by atoms with Crippen molar-refractivity contribution in [2.75, 3.05) is 39.6 Å². The highest BCUT2D eigenvalue weighted by Crippen LogP contribution is 2.45. The van der Waals surface area contributed by atoms with Crippen molar-refractivity contribution >= 4 is 39.5 Å². The van der Waals surface area contributed by atoms with Gasteiger partial charge in [0.25, 0.3) is 0 Å². The van der Waals surface area contributed by atoms with Crippen LogP contribution >= 0.6 is 15.6 Å². The Morgan fingerprint density at radius 2 is 0.460 bits per heavy atom. The van der Waals surface area contributed by atoms with Crippen molar-refractivity contribution in [1.29, 1.82) is 0 Å². The van der Waals surface area contributed by atoms with E-state index in [0.717, 1.165) is 95.8 Å². The molecule has 0 aliphatic carbocycles. The largest absolute Gasteiger partial charge is 0.472 e. The van der Waals surface area contributed by atoms with Gasteiger partial charge >= 0.3 is 39.5 Å². The minimum Gasteiger partial charge on any atom is -0.462 e. The number of rotatable bonds is 81. The van der Waals surface area contributed by atoms with Crippen molar-refractivity contribution in [3.63, 3.8) is 0 Å². The van der Waals surface area contributed by atoms with E-state index in [0.29, 0.717) is 25.7 Å². The van der Waals surface area contributed by atoms with Gasteiger partial charge in [-0.15, -0.1) is 0 Å². The molecule has 0 aromatic carbocycles. The molecule has 3 N–H and O–H groups in total. The first-order chi connectivity index (χ1) is 48.5. The summed E-state index contributed by atoms with van der Waals surface area (Å²) in [4.78, 5) is 73.1. The van der Waals surface area contributed by atoms with Gasteiger partial charge in [0.15, 0.2) is 12.2 Å². The van der Waals surface area contributed by atoms with Crippen LogP contribution in [-0.4, -0.2) is 96.7 Å². The summed E-state index contributed by atoms with van der Waals surface area (Å²) in [6.07, 6.45) is 65.0. The molecule has 0 aliphatic heterocycles. The van der Waals surface area contributed by atoms with Gasteiger partial charge in [0.2, 0.25) is 0 Å². The third-order valence-corrected chi connectivity index (χ3v) is 20.9. The molecule has 0 saturated carbocycles. The van der Waals surface area contributed by atoms with Crippen LogP contribution in [-0.2, 0) is 65.4 Å². The quantitative estimate of drug-likeness (QED) is 0.0222. The first-order valence-electron chi connectivity index (χ1n) is 42.1. The summed E-state index contributed by atoms with van der Waals surface area (Å²) in [5.74, 6) is -1.31. The van der Waals surface area contributed by atoms with Crippen LogP contribution < -0.4 is 0 Å². The molecule has 5 atom stereocenters. The van der Waals surface area contributed by atoms with Crippen LogP contribution in [0.2, 0.25) is 0 Å². The fourth-order valence-corrected chi connectivity index (χ4v) is 14.2. The molecule has 0 aliphatic rings. The molecular formula is C81H158O17P2. The Morgan fingerprint density at radius 3 is 0.680 bits per heavy atom. The van der Waals surface area contributed by atoms with E-state index >= 15 is 0 Å². The van der Waals surface area contributed by atoms with Gasteiger partial charge in [0.05, 0.1) is 26.4 Å². The van der Waals surface area contributed by atoms with E-state index in [4.69, 9.17) is 37.0 Å². The second kappa shape index (κ2) is 73.9. The van der Waals surface area contributed by atoms with Gasteiger partial charge in [-0.2, -0.15) is 0 Å². The van der Waals surface area contributed by atoms with Crippen LogP contribution in [0.25, 0.3) is 0 Å². The predicted octanol–water partition coefficient (Wildman–Crippen LogP) is 24.4. The van der Waals surface area contributed by atoms with Gasteiger partial charge in [-0.05, 0) is 31.6 Å². The molecule has 0 bridgehead atoms. The summed E-state index contributed by atoms with van der Waals surface area (Å²) in [6, 6.07) is 0. The van der Waals surface area contributed by atoms with Gasteiger partial charge in [0.1, 0.15) is 19.3 Å². The number of carbonyl (C=O) groups is 4. The minimum absolute atomic E-state index is 0.109. The number of phosphoric acid groups is 2. The summed E-state index contributed by atoms with van der Waals surface area (Å²) in [5.41, 5.74) is 0. The number of carbonyl (C=O) groups excluding carboxylic acids is 4. The zero-order valence-electron chi connectivity index (χ0n) is 65.3. The fourth-order valence-electron chi connectivity index (χ4n) is 12.6. The summed E-state index contributed by atoms with van der Waals surface area (Å²) in [5, 5.41) is 10.6. The average molecular weight is 1470 g/mol. The Kier molecular flexibility index (Phi) is 72.5. The van der Waals surface area contributed by atoms with Crippen molar-refractivity contribution in [3.05, 3.63) is 0 Å². The lowest BCUT2D eigenvalue weighted by Gasteiger charge is -2.21. The van der Waals surface area contributed by atoms with Crippen molar-refractivity contribution in [1.82, 2.24) is 0 Å². The molecule has 0 aromatic heterocycles. The second-order valence-electron chi connectivity index (χ2n) is 29.6. The summed E-state index contributed by atoms with van der Waals surface area (Å²) in [7, 11) is -9.92. The van der Waals surface area contributed by atoms with E-state index in [1.54, 1.807) is 0 Å². The zero-order chi connectivity index (χ0) is 73.4. The number of aliphatic hydroxyl groups excluding tert-OH is 1. The number of ether oxygens (including phenoxy) is 4. The van der Waals surface area contributed by atoms with Gasteiger partial charge in [0, 0.05) is 25.7 Å². The molecule has 19 heteroatoms. The van der Waals surface area contributed by atoms with E-state index in [-0.39, 0.29) is 25.7 Å². The van der Waals surface area contributed by atoms with E-state index in [2.05, 4.69) is 34.6 Å². The van der Waals surface area contributed by atoms with E-state index in [9.17, 15) is 43.2 Å². The lowest BCUT2D eigenvalue weighted by atomic mass is 10.0. The van der Waals surface area contributed by atoms with Crippen molar-refractivity contribution < 1.29 is 80.2 Å². The van der Waals surface area contributed by atoms with Crippen LogP contribution in [0.3, 0.4) is 0 Å². The zero-order valence-corrected chi connectivity index (χ0v) is 67.1. The lowest BCUT2D eigenvalue weighted by molar-refractivity contribution is -0.161. The highest BCUT2D eigenvalue weighted by molar-refractivity contribution is 7.47. The molecule has 0 radical (unpaired) electrons. The molecule has 2 unspecified atom stereocenters. The fraction of sp³-hybridized carbons (Fsp3) is 0.951. The van der Waals surface area contributed by atoms with E-state index in [1.165, 1.54) is 257 Å². The molecule has 0 fully saturated rings. The molecular weight excluding hydrogens is 1310 g/mol. The first-order valence-corrected chi connectivity index (χ1v) is 45.1. The normalized spacial score (nSPS) is 13.8. The molecule has 0 rings (SSSR count). The Bertz CT molecular complexity index is 1910. The number of hydrogen-bond acceptors (Lipinski definition) is 15. The summed E-state index contributed by atoms with van der Waals surface area (Å²) < 4.78 is 68.7. The SMILES string of the molecule is CCCCCCCCCCCCCCCCCCCC(=O)OC[C@H](COP(=O)(O)OC[C@@H](O)COP(=O)(O)OC[C@@H](COC(=O)CCCCCCCCCCCCC)OC(=O)CCCCCCCCCCCCCCCCC)OC(=O)CCCCCCCCCCCCCCCCC(C)C. The average Bonchev–Trinajstić information content (AvgIpc) is 0.953. The molecule has 100 heavy (non-hydrogen) atoms. The molecule has 0 spiro atoms. The highest BCUT2D eigenvalue weighted by Gasteiger charge is 2.30. The molecule has 0 aromatic rings. The molecule has 0 amide bonds. The van der Waals surface area contributed by atoms with Gasteiger partial charge < -0.3 is 33.8 Å². The van der Waals surface area contributed by atoms with Crippen molar-refractivity contribution in [2.24, 2.45) is 5.92 Å². The maximum absolute atomic E-state index is 13.1. The standard InChI is InChI=1S/C81H158O17P2/c1-6-9-12-15-18-21-24-26-28-29-31-35-40-45-50-55-60-65-79(84)92-71-77(98-81(86)67-62-57-52-47-42-37-33-32-34-39-43-48-53-58-63-74(4)5)73-96-100(89,90)94-69-75(82)68-93-99(87,88)95-72-76(70-91-78(83)64-59-54-49-44-38-23-20-17-14-11-8-3)97-80(85)66-61-56-51-46-41-36-30-27-25-22-19-16-13-10-7-2/h74-77,82H,6-73H2,1-5H3,(H,87,88)(H,89,90)/t75-,76+,77+/m0/s1. The molecule has 17 nitrogen and oxygen atoms in total. The van der Waals surface area contributed by atoms with Gasteiger partial charge in [-0.25, -0.2) is 9.13 Å². The molecule has 594 valence electrons. The number of hydrogen-bond donors (Lipinski definition) is 3. The number of unbranched alkanes of at least 4 members (excludes halogenated alkanes) is 53. The van der Waals surface area contributed by atoms with Crippen LogP contribution in [0.1, 0.15) is 433 Å².